The first-order valence-corrected chi connectivity index (χ1v) is 16.4. The van der Waals surface area contributed by atoms with Crippen molar-refractivity contribution in [3.63, 3.8) is 0 Å². The number of rotatable bonds is 11. The molecule has 0 aliphatic rings. The lowest BCUT2D eigenvalue weighted by molar-refractivity contribution is -0.183. The number of nitrogens with zero attached hydrogens (tertiary/aromatic N) is 1. The number of benzene rings is 2. The Hall–Kier alpha value is -2.63. The van der Waals surface area contributed by atoms with E-state index in [1.165, 1.54) is 30.3 Å². The molecule has 0 fully saturated rings. The van der Waals surface area contributed by atoms with Crippen molar-refractivity contribution in [2.45, 2.75) is 34.0 Å². The van der Waals surface area contributed by atoms with Crippen LogP contribution in [0.1, 0.15) is 23.8 Å². The van der Waals surface area contributed by atoms with Gasteiger partial charge in [0.05, 0.1) is 27.0 Å². The zero-order valence-electron chi connectivity index (χ0n) is 19.4. The highest BCUT2D eigenvalue weighted by Crippen LogP contribution is 2.34. The molecule has 2 aromatic carbocycles. The molecule has 0 saturated carbocycles. The van der Waals surface area contributed by atoms with Crippen LogP contribution in [-0.2, 0) is 30.2 Å². The van der Waals surface area contributed by atoms with Gasteiger partial charge in [0.25, 0.3) is 0 Å². The maximum atomic E-state index is 14.0. The lowest BCUT2D eigenvalue weighted by Gasteiger charge is -2.33. The van der Waals surface area contributed by atoms with Crippen LogP contribution < -0.4 is 15.4 Å². The van der Waals surface area contributed by atoms with Crippen LogP contribution in [-0.4, -0.2) is 35.2 Å². The summed E-state index contributed by atoms with van der Waals surface area (Å²) >= 11 is 1.01. The van der Waals surface area contributed by atoms with Gasteiger partial charge in [0.15, 0.2) is 21.3 Å². The summed E-state index contributed by atoms with van der Waals surface area (Å²) < 4.78 is 61.8. The first-order valence-electron chi connectivity index (χ1n) is 10.6. The molecule has 5 N–H and O–H groups in total. The molecule has 1 aromatic heterocycles. The third kappa shape index (κ3) is 6.82. The van der Waals surface area contributed by atoms with E-state index in [0.717, 1.165) is 29.5 Å². The van der Waals surface area contributed by atoms with Crippen LogP contribution in [0.5, 0.6) is 17.2 Å². The van der Waals surface area contributed by atoms with Gasteiger partial charge in [-0.1, -0.05) is 6.92 Å². The van der Waals surface area contributed by atoms with Gasteiger partial charge in [-0.15, -0.1) is 11.3 Å². The minimum atomic E-state index is -3.86. The maximum Gasteiger partial charge on any atom is 0.240 e. The summed E-state index contributed by atoms with van der Waals surface area (Å²) in [7, 11) is -4.98. The number of nitrogens with one attached hydrogen (secondary N) is 1. The molecular weight excluding hydrogens is 564 g/mol. The molecule has 0 radical (unpaired) electrons. The fraction of sp³-hybridized carbons (Fsp3) is 0.227. The van der Waals surface area contributed by atoms with Crippen molar-refractivity contribution in [1.29, 1.82) is 5.26 Å². The van der Waals surface area contributed by atoms with Gasteiger partial charge in [0.1, 0.15) is 17.6 Å². The first-order chi connectivity index (χ1) is 17.3. The predicted octanol–water partition coefficient (Wildman–Crippen LogP) is 2.89. The van der Waals surface area contributed by atoms with Crippen molar-refractivity contribution in [2.24, 2.45) is 5.90 Å². The number of nitriles is 1. The Morgan fingerprint density at radius 3 is 2.54 bits per heavy atom. The molecule has 0 saturated heterocycles. The average molecular weight is 590 g/mol. The van der Waals surface area contributed by atoms with E-state index >= 15 is 0 Å². The van der Waals surface area contributed by atoms with Crippen molar-refractivity contribution in [3.05, 3.63) is 64.8 Å². The van der Waals surface area contributed by atoms with E-state index in [1.54, 1.807) is 13.0 Å². The van der Waals surface area contributed by atoms with Crippen LogP contribution in [0.3, 0.4) is 0 Å². The lowest BCUT2D eigenvalue weighted by Crippen LogP contribution is -2.51. The minimum Gasteiger partial charge on any atom is -0.504 e. The molecule has 2 unspecified atom stereocenters. The first kappa shape index (κ1) is 28.9. The number of phenolic OH excluding ortho intramolecular Hbond substituents is 2. The summed E-state index contributed by atoms with van der Waals surface area (Å²) in [5.74, 6) is 1.80. The van der Waals surface area contributed by atoms with Crippen LogP contribution in [0.15, 0.2) is 57.6 Å². The van der Waals surface area contributed by atoms with Crippen molar-refractivity contribution in [2.75, 3.05) is 6.54 Å². The Kier molecular flexibility index (Phi) is 8.92. The second-order valence-corrected chi connectivity index (χ2v) is 15.6. The van der Waals surface area contributed by atoms with Gasteiger partial charge in [0.2, 0.25) is 5.79 Å². The van der Waals surface area contributed by atoms with Crippen LogP contribution in [0.2, 0.25) is 0 Å². The predicted molar refractivity (Wildman–Crippen MR) is 141 cm³/mol. The highest BCUT2D eigenvalue weighted by atomic mass is 32.8. The molecule has 0 aliphatic heterocycles. The Bertz CT molecular complexity index is 1490. The normalized spacial score (nSPS) is 14.0. The minimum absolute atomic E-state index is 0.0491. The largest absolute Gasteiger partial charge is 0.504 e. The van der Waals surface area contributed by atoms with Crippen molar-refractivity contribution < 1.29 is 36.8 Å². The standard InChI is InChI=1S/C22H25FN3O7PS3/c1-2-22(33-25,32-15-4-3-14(11-24)18(23)9-15)13-26-37(31,34)21-8-5-16(35-21)12-36(29,30)17-6-7-19(27)20(28)10-17/h3-10,27-28,37H,2,12-13,25,34H2,1H3,(H,26,31). The number of hydrogen-bond acceptors (Lipinski definition) is 10. The number of thiol groups is 1. The van der Waals surface area contributed by atoms with Gasteiger partial charge in [-0.3, -0.25) is 9.05 Å². The van der Waals surface area contributed by atoms with E-state index in [4.69, 9.17) is 20.7 Å². The number of hydrogen-bond donors (Lipinski definition) is 5. The van der Waals surface area contributed by atoms with Crippen LogP contribution >= 0.6 is 19.8 Å². The fourth-order valence-corrected chi connectivity index (χ4v) is 8.62. The molecule has 0 amide bonds. The third-order valence-corrected chi connectivity index (χ3v) is 12.5. The lowest BCUT2D eigenvalue weighted by atomic mass is 10.2. The molecule has 37 heavy (non-hydrogen) atoms. The SMILES string of the molecule is CCC(CN[SH](=O)(P)c1ccc(CS(=O)(=O)c2ccc(O)c(O)c2)s1)(ON)Oc1ccc(C#N)c(F)c1. The van der Waals surface area contributed by atoms with Crippen LogP contribution in [0.25, 0.3) is 0 Å². The highest BCUT2D eigenvalue weighted by molar-refractivity contribution is 8.44. The Balaban J connectivity index is 1.74. The summed E-state index contributed by atoms with van der Waals surface area (Å²) in [6.45, 7) is 1.51. The van der Waals surface area contributed by atoms with Crippen LogP contribution in [0.4, 0.5) is 4.39 Å². The van der Waals surface area contributed by atoms with Gasteiger partial charge in [-0.25, -0.2) is 23.4 Å². The van der Waals surface area contributed by atoms with Gasteiger partial charge < -0.3 is 14.9 Å². The molecule has 0 aliphatic carbocycles. The van der Waals surface area contributed by atoms with E-state index in [0.29, 0.717) is 9.09 Å². The molecule has 15 heteroatoms. The maximum absolute atomic E-state index is 14.0. The number of halogens is 1. The van der Waals surface area contributed by atoms with Crippen molar-refractivity contribution in [1.82, 2.24) is 4.72 Å². The highest BCUT2D eigenvalue weighted by Gasteiger charge is 2.33. The van der Waals surface area contributed by atoms with Crippen molar-refractivity contribution in [3.8, 4) is 23.3 Å². The second-order valence-electron chi connectivity index (χ2n) is 7.88. The Morgan fingerprint density at radius 1 is 1.22 bits per heavy atom. The van der Waals surface area contributed by atoms with Crippen molar-refractivity contribution >= 4 is 39.4 Å². The van der Waals surface area contributed by atoms with Crippen LogP contribution in [0, 0.1) is 17.1 Å². The molecule has 3 rings (SSSR count). The zero-order chi connectivity index (χ0) is 27.4. The van der Waals surface area contributed by atoms with Gasteiger partial charge in [0, 0.05) is 23.4 Å². The van der Waals surface area contributed by atoms with Gasteiger partial charge in [-0.05, 0) is 54.6 Å². The molecule has 2 atom stereocenters. The average Bonchev–Trinajstić information content (AvgIpc) is 3.32. The summed E-state index contributed by atoms with van der Waals surface area (Å²) in [4.78, 5) is 5.26. The van der Waals surface area contributed by atoms with E-state index in [2.05, 4.69) is 13.2 Å². The molecule has 200 valence electrons. The molecule has 1 heterocycles. The van der Waals surface area contributed by atoms with E-state index in [9.17, 15) is 27.2 Å². The molecule has 10 nitrogen and oxygen atoms in total. The van der Waals surface area contributed by atoms with E-state index in [-0.39, 0.29) is 29.2 Å². The molecule has 3 aromatic rings. The number of ether oxygens (including phenoxy) is 1. The van der Waals surface area contributed by atoms with Gasteiger partial charge in [-0.2, -0.15) is 5.26 Å². The smallest absolute Gasteiger partial charge is 0.240 e. The summed E-state index contributed by atoms with van der Waals surface area (Å²) in [6, 6.07) is 11.6. The molecular formula is C22H25FN3O7PS3. The monoisotopic (exact) mass is 589 g/mol. The number of sulfone groups is 1. The Labute approximate surface area is 220 Å². The summed E-state index contributed by atoms with van der Waals surface area (Å²) in [6.07, 6.45) is 0.177. The second kappa shape index (κ2) is 11.4. The van der Waals surface area contributed by atoms with E-state index < -0.39 is 48.4 Å². The topological polar surface area (TPSA) is 172 Å². The summed E-state index contributed by atoms with van der Waals surface area (Å²) in [5, 5.41) is 27.9. The Morgan fingerprint density at radius 2 is 1.95 bits per heavy atom. The zero-order valence-corrected chi connectivity index (χ0v) is 23.1. The molecule has 0 bridgehead atoms. The number of nitrogens with two attached hydrogens (primary N) is 1. The third-order valence-electron chi connectivity index (χ3n) is 5.31. The summed E-state index contributed by atoms with van der Waals surface area (Å²) in [5.41, 5.74) is -0.159. The van der Waals surface area contributed by atoms with Gasteiger partial charge >= 0.3 is 0 Å². The van der Waals surface area contributed by atoms with E-state index in [1.807, 2.05) is 0 Å². The fourth-order valence-electron chi connectivity index (χ4n) is 3.15. The molecule has 0 spiro atoms. The number of aromatic hydroxyl groups is 2. The quantitative estimate of drug-likeness (QED) is 0.0741. The number of thiophene rings is 1. The number of phenols is 2.